The molecule has 2 aromatic rings. The summed E-state index contributed by atoms with van der Waals surface area (Å²) in [6.07, 6.45) is 3.98. The van der Waals surface area contributed by atoms with Gasteiger partial charge in [0, 0.05) is 23.2 Å². The highest BCUT2D eigenvalue weighted by atomic mass is 16.5. The van der Waals surface area contributed by atoms with E-state index < -0.39 is 0 Å². The number of likely N-dealkylation sites (tertiary alicyclic amines) is 1. The number of carbonyl (C=O) groups is 1. The van der Waals surface area contributed by atoms with Gasteiger partial charge in [0.25, 0.3) is 0 Å². The Balaban J connectivity index is 1.48. The van der Waals surface area contributed by atoms with Crippen molar-refractivity contribution in [3.63, 3.8) is 0 Å². The maximum Gasteiger partial charge on any atom is 0.320 e. The third kappa shape index (κ3) is 4.26. The summed E-state index contributed by atoms with van der Waals surface area (Å²) >= 11 is 0. The van der Waals surface area contributed by atoms with Crippen LogP contribution in [0.1, 0.15) is 42.5 Å². The Bertz CT molecular complexity index is 975. The fourth-order valence-corrected chi connectivity index (χ4v) is 5.64. The van der Waals surface area contributed by atoms with Gasteiger partial charge in [-0.2, -0.15) is 0 Å². The second kappa shape index (κ2) is 8.98. The van der Waals surface area contributed by atoms with Crippen LogP contribution < -0.4 is 20.1 Å². The van der Waals surface area contributed by atoms with Crippen molar-refractivity contribution >= 4 is 11.8 Å². The van der Waals surface area contributed by atoms with Gasteiger partial charge in [-0.3, -0.25) is 5.32 Å². The molecular weight excluding hydrogens is 404 g/mol. The smallest absolute Gasteiger partial charge is 0.320 e. The lowest BCUT2D eigenvalue weighted by atomic mass is 9.65. The van der Waals surface area contributed by atoms with Crippen LogP contribution in [0.4, 0.5) is 10.6 Å². The fraction of sp³-hybridized carbons (Fsp3) is 0.520. The molecule has 0 spiro atoms. The molecule has 4 rings (SSSR count). The minimum atomic E-state index is -0.188. The molecule has 3 unspecified atom stereocenters. The van der Waals surface area contributed by atoms with Crippen molar-refractivity contribution in [3.05, 3.63) is 47.2 Å². The normalized spacial score (nSPS) is 25.2. The Morgan fingerprint density at radius 2 is 1.91 bits per heavy atom. The van der Waals surface area contributed by atoms with Crippen molar-refractivity contribution in [2.24, 2.45) is 0 Å². The quantitative estimate of drug-likeness (QED) is 0.737. The van der Waals surface area contributed by atoms with E-state index in [1.54, 1.807) is 14.2 Å². The molecule has 7 heteroatoms. The van der Waals surface area contributed by atoms with E-state index in [4.69, 9.17) is 9.47 Å². The number of rotatable bonds is 5. The van der Waals surface area contributed by atoms with Gasteiger partial charge in [0.1, 0.15) is 5.82 Å². The van der Waals surface area contributed by atoms with Gasteiger partial charge in [0.05, 0.1) is 14.2 Å². The first kappa shape index (κ1) is 22.4. The van der Waals surface area contributed by atoms with Gasteiger partial charge >= 0.3 is 6.03 Å². The van der Waals surface area contributed by atoms with Gasteiger partial charge in [-0.05, 0) is 88.5 Å². The van der Waals surface area contributed by atoms with Crippen molar-refractivity contribution in [2.45, 2.75) is 57.0 Å². The Hall–Kier alpha value is -2.80. The molecule has 1 aliphatic heterocycles. The van der Waals surface area contributed by atoms with Crippen molar-refractivity contribution in [3.8, 4) is 11.5 Å². The molecule has 1 aromatic heterocycles. The average molecular weight is 439 g/mol. The van der Waals surface area contributed by atoms with E-state index in [1.807, 2.05) is 32.0 Å². The summed E-state index contributed by atoms with van der Waals surface area (Å²) in [5.74, 6) is 2.12. The van der Waals surface area contributed by atoms with E-state index in [-0.39, 0.29) is 17.5 Å². The zero-order valence-corrected chi connectivity index (χ0v) is 19.7. The van der Waals surface area contributed by atoms with Gasteiger partial charge in [0.2, 0.25) is 0 Å². The van der Waals surface area contributed by atoms with Crippen molar-refractivity contribution < 1.29 is 14.3 Å². The Kier molecular flexibility index (Phi) is 6.29. The number of methoxy groups -OCH3 is 2. The largest absolute Gasteiger partial charge is 0.493 e. The first-order chi connectivity index (χ1) is 15.3. The zero-order valence-electron chi connectivity index (χ0n) is 19.7. The molecule has 1 saturated heterocycles. The molecule has 1 aromatic carbocycles. The van der Waals surface area contributed by atoms with Crippen LogP contribution in [0.3, 0.4) is 0 Å². The van der Waals surface area contributed by atoms with Gasteiger partial charge < -0.3 is 19.7 Å². The number of carbonyl (C=O) groups excluding carboxylic acids is 1. The molecule has 1 aliphatic carbocycles. The number of urea groups is 1. The maximum absolute atomic E-state index is 12.7. The summed E-state index contributed by atoms with van der Waals surface area (Å²) < 4.78 is 11.0. The molecular formula is C25H34N4O3. The number of nitrogens with one attached hydrogen (secondary N) is 2. The van der Waals surface area contributed by atoms with E-state index in [0.29, 0.717) is 11.9 Å². The summed E-state index contributed by atoms with van der Waals surface area (Å²) in [4.78, 5) is 19.5. The minimum absolute atomic E-state index is 0.0676. The Morgan fingerprint density at radius 3 is 2.62 bits per heavy atom. The molecule has 2 amide bonds. The van der Waals surface area contributed by atoms with Crippen molar-refractivity contribution in [1.82, 2.24) is 15.2 Å². The number of hydrogen-bond acceptors (Lipinski definition) is 5. The van der Waals surface area contributed by atoms with Gasteiger partial charge in [0.15, 0.2) is 11.5 Å². The molecule has 172 valence electrons. The number of amides is 2. The first-order valence-corrected chi connectivity index (χ1v) is 11.3. The monoisotopic (exact) mass is 438 g/mol. The van der Waals surface area contributed by atoms with Gasteiger partial charge in [-0.1, -0.05) is 6.07 Å². The number of fused-ring (bicyclic) bond motifs is 1. The van der Waals surface area contributed by atoms with Crippen LogP contribution in [0.5, 0.6) is 11.5 Å². The van der Waals surface area contributed by atoms with Crippen LogP contribution in [-0.2, 0) is 5.41 Å². The molecule has 3 atom stereocenters. The molecule has 1 saturated carbocycles. The Labute approximate surface area is 190 Å². The van der Waals surface area contributed by atoms with E-state index in [2.05, 4.69) is 39.7 Å². The van der Waals surface area contributed by atoms with E-state index in [1.165, 1.54) is 5.56 Å². The number of hydrogen-bond donors (Lipinski definition) is 2. The van der Waals surface area contributed by atoms with E-state index in [9.17, 15) is 4.79 Å². The SMILES string of the molecule is COc1ccc(C23CCC(NC(=O)Nc4cc(C)cc(C)n4)CC2N(C)CC3)cc1OC. The summed E-state index contributed by atoms with van der Waals surface area (Å²) in [6, 6.07) is 10.5. The zero-order chi connectivity index (χ0) is 22.9. The number of pyridine rings is 1. The second-order valence-electron chi connectivity index (χ2n) is 9.21. The molecule has 2 fully saturated rings. The molecule has 7 nitrogen and oxygen atoms in total. The van der Waals surface area contributed by atoms with Crippen LogP contribution in [0.2, 0.25) is 0 Å². The summed E-state index contributed by atoms with van der Waals surface area (Å²) in [7, 11) is 5.54. The third-order valence-corrected chi connectivity index (χ3v) is 7.16. The standard InChI is InChI=1S/C25H34N4O3/c1-16-12-17(2)26-23(13-16)28-24(30)27-19-8-9-25(10-11-29(3)22(25)15-19)18-6-7-20(31-4)21(14-18)32-5/h6-7,12-14,19,22H,8-11,15H2,1-5H3,(H2,26,27,28,30). The second-order valence-corrected chi connectivity index (χ2v) is 9.21. The predicted molar refractivity (Wildman–Crippen MR) is 126 cm³/mol. The van der Waals surface area contributed by atoms with Crippen molar-refractivity contribution in [2.75, 3.05) is 33.1 Å². The topological polar surface area (TPSA) is 75.7 Å². The Morgan fingerprint density at radius 1 is 1.12 bits per heavy atom. The summed E-state index contributed by atoms with van der Waals surface area (Å²) in [5, 5.41) is 6.09. The number of nitrogens with zero attached hydrogens (tertiary/aromatic N) is 2. The van der Waals surface area contributed by atoms with Crippen LogP contribution in [-0.4, -0.2) is 55.8 Å². The van der Waals surface area contributed by atoms with Crippen LogP contribution in [0, 0.1) is 13.8 Å². The van der Waals surface area contributed by atoms with E-state index >= 15 is 0 Å². The number of aryl methyl sites for hydroxylation is 2. The summed E-state index contributed by atoms with van der Waals surface area (Å²) in [5.41, 5.74) is 3.34. The number of aromatic nitrogens is 1. The molecule has 2 heterocycles. The van der Waals surface area contributed by atoms with Crippen molar-refractivity contribution in [1.29, 1.82) is 0 Å². The lowest BCUT2D eigenvalue weighted by Gasteiger charge is -2.45. The highest BCUT2D eigenvalue weighted by molar-refractivity contribution is 5.88. The average Bonchev–Trinajstić information content (AvgIpc) is 3.09. The number of likely N-dealkylation sites (N-methyl/N-ethyl adjacent to an activating group) is 1. The molecule has 32 heavy (non-hydrogen) atoms. The highest BCUT2D eigenvalue weighted by Gasteiger charge is 2.50. The number of ether oxygens (including phenoxy) is 2. The first-order valence-electron chi connectivity index (χ1n) is 11.3. The van der Waals surface area contributed by atoms with Crippen LogP contribution in [0.15, 0.2) is 30.3 Å². The predicted octanol–water partition coefficient (Wildman–Crippen LogP) is 4.03. The highest BCUT2D eigenvalue weighted by Crippen LogP contribution is 2.49. The molecule has 2 aliphatic rings. The van der Waals surface area contributed by atoms with Gasteiger partial charge in [-0.25, -0.2) is 9.78 Å². The maximum atomic E-state index is 12.7. The minimum Gasteiger partial charge on any atom is -0.493 e. The fourth-order valence-electron chi connectivity index (χ4n) is 5.64. The molecule has 2 N–H and O–H groups in total. The van der Waals surface area contributed by atoms with E-state index in [0.717, 1.165) is 55.0 Å². The van der Waals surface area contributed by atoms with Crippen LogP contribution in [0.25, 0.3) is 0 Å². The number of anilines is 1. The van der Waals surface area contributed by atoms with Gasteiger partial charge in [-0.15, -0.1) is 0 Å². The number of benzene rings is 1. The van der Waals surface area contributed by atoms with Crippen LogP contribution >= 0.6 is 0 Å². The lowest BCUT2D eigenvalue weighted by molar-refractivity contribution is 0.156. The molecule has 0 radical (unpaired) electrons. The third-order valence-electron chi connectivity index (χ3n) is 7.16. The summed E-state index contributed by atoms with van der Waals surface area (Å²) in [6.45, 7) is 4.98. The molecule has 0 bridgehead atoms. The lowest BCUT2D eigenvalue weighted by Crippen LogP contribution is -2.52.